The van der Waals surface area contributed by atoms with E-state index in [2.05, 4.69) is 25.7 Å². The first-order chi connectivity index (χ1) is 13.6. The van der Waals surface area contributed by atoms with E-state index >= 15 is 0 Å². The SMILES string of the molecule is C[C@H](Sc1nc2c(cnn2-c2ccccc2)c(=O)[nH]1)C(=O)NC(=O)NC(C)(C)C. The van der Waals surface area contributed by atoms with Crippen molar-refractivity contribution in [3.63, 3.8) is 0 Å². The molecule has 1 aromatic carbocycles. The molecule has 0 saturated carbocycles. The fourth-order valence-corrected chi connectivity index (χ4v) is 3.31. The van der Waals surface area contributed by atoms with E-state index in [0.717, 1.165) is 17.4 Å². The zero-order chi connectivity index (χ0) is 21.2. The Morgan fingerprint density at radius 3 is 2.55 bits per heavy atom. The van der Waals surface area contributed by atoms with E-state index in [1.54, 1.807) is 11.6 Å². The molecule has 0 bridgehead atoms. The predicted octanol–water partition coefficient (Wildman–Crippen LogP) is 2.21. The highest BCUT2D eigenvalue weighted by molar-refractivity contribution is 8.00. The molecule has 152 valence electrons. The number of rotatable bonds is 4. The van der Waals surface area contributed by atoms with Crippen LogP contribution in [-0.4, -0.2) is 42.5 Å². The third-order valence-electron chi connectivity index (χ3n) is 3.80. The van der Waals surface area contributed by atoms with Crippen LogP contribution in [0.25, 0.3) is 16.7 Å². The molecule has 3 rings (SSSR count). The molecule has 3 amide bonds. The van der Waals surface area contributed by atoms with Crippen LogP contribution in [0.2, 0.25) is 0 Å². The molecule has 0 fully saturated rings. The first-order valence-corrected chi connectivity index (χ1v) is 9.85. The summed E-state index contributed by atoms with van der Waals surface area (Å²) in [6, 6.07) is 8.74. The van der Waals surface area contributed by atoms with Gasteiger partial charge in [-0.3, -0.25) is 14.9 Å². The topological polar surface area (TPSA) is 122 Å². The van der Waals surface area contributed by atoms with Gasteiger partial charge in [-0.05, 0) is 39.8 Å². The lowest BCUT2D eigenvalue weighted by atomic mass is 10.1. The van der Waals surface area contributed by atoms with Crippen LogP contribution in [-0.2, 0) is 4.79 Å². The van der Waals surface area contributed by atoms with Crippen molar-refractivity contribution < 1.29 is 9.59 Å². The van der Waals surface area contributed by atoms with Gasteiger partial charge in [-0.15, -0.1) is 0 Å². The number of carbonyl (C=O) groups excluding carboxylic acids is 2. The number of benzene rings is 1. The smallest absolute Gasteiger partial charge is 0.321 e. The quantitative estimate of drug-likeness (QED) is 0.444. The van der Waals surface area contributed by atoms with Crippen molar-refractivity contribution in [2.75, 3.05) is 0 Å². The lowest BCUT2D eigenvalue weighted by Crippen LogP contribution is -2.49. The van der Waals surface area contributed by atoms with E-state index in [-0.39, 0.29) is 10.7 Å². The maximum Gasteiger partial charge on any atom is 0.321 e. The van der Waals surface area contributed by atoms with Crippen LogP contribution in [0.5, 0.6) is 0 Å². The number of aromatic amines is 1. The van der Waals surface area contributed by atoms with Crippen LogP contribution in [0, 0.1) is 0 Å². The number of hydrogen-bond donors (Lipinski definition) is 3. The van der Waals surface area contributed by atoms with Gasteiger partial charge in [0.25, 0.3) is 5.56 Å². The number of urea groups is 1. The maximum atomic E-state index is 12.4. The zero-order valence-corrected chi connectivity index (χ0v) is 17.3. The van der Waals surface area contributed by atoms with Crippen molar-refractivity contribution in [1.29, 1.82) is 0 Å². The maximum absolute atomic E-state index is 12.4. The lowest BCUT2D eigenvalue weighted by molar-refractivity contribution is -0.119. The molecule has 0 unspecified atom stereocenters. The number of nitrogens with one attached hydrogen (secondary N) is 3. The molecule has 0 spiro atoms. The molecule has 1 atom stereocenters. The standard InChI is InChI=1S/C19H22N6O3S/c1-11(15(26)22-17(28)24-19(2,3)4)29-18-21-14-13(16(27)23-18)10-20-25(14)12-8-6-5-7-9-12/h5-11H,1-4H3,(H,21,23,27)(H2,22,24,26,28)/t11-/m0/s1. The number of aromatic nitrogens is 4. The van der Waals surface area contributed by atoms with Gasteiger partial charge >= 0.3 is 6.03 Å². The number of fused-ring (bicyclic) bond motifs is 1. The van der Waals surface area contributed by atoms with E-state index in [9.17, 15) is 14.4 Å². The monoisotopic (exact) mass is 414 g/mol. The van der Waals surface area contributed by atoms with E-state index in [0.29, 0.717) is 11.0 Å². The average Bonchev–Trinajstić information content (AvgIpc) is 3.05. The van der Waals surface area contributed by atoms with E-state index in [1.165, 1.54) is 6.20 Å². The average molecular weight is 414 g/mol. The van der Waals surface area contributed by atoms with E-state index in [4.69, 9.17) is 0 Å². The predicted molar refractivity (Wildman–Crippen MR) is 111 cm³/mol. The molecule has 9 nitrogen and oxygen atoms in total. The Morgan fingerprint density at radius 2 is 1.90 bits per heavy atom. The molecule has 3 aromatic rings. The number of amides is 3. The van der Waals surface area contributed by atoms with Crippen LogP contribution in [0.4, 0.5) is 4.79 Å². The van der Waals surface area contributed by atoms with Gasteiger partial charge in [-0.2, -0.15) is 5.10 Å². The second-order valence-electron chi connectivity index (χ2n) is 7.45. The van der Waals surface area contributed by atoms with Gasteiger partial charge in [0.15, 0.2) is 10.8 Å². The van der Waals surface area contributed by atoms with Crippen molar-refractivity contribution in [1.82, 2.24) is 30.4 Å². The van der Waals surface area contributed by atoms with Gasteiger partial charge in [0.1, 0.15) is 5.39 Å². The van der Waals surface area contributed by atoms with Crippen molar-refractivity contribution in [2.45, 2.75) is 43.6 Å². The third kappa shape index (κ3) is 5.02. The molecule has 0 aliphatic heterocycles. The number of hydrogen-bond acceptors (Lipinski definition) is 6. The summed E-state index contributed by atoms with van der Waals surface area (Å²) >= 11 is 1.05. The van der Waals surface area contributed by atoms with Crippen molar-refractivity contribution >= 4 is 34.7 Å². The number of H-pyrrole nitrogens is 1. The fraction of sp³-hybridized carbons (Fsp3) is 0.316. The summed E-state index contributed by atoms with van der Waals surface area (Å²) in [4.78, 5) is 43.7. The molecular formula is C19H22N6O3S. The Kier molecular flexibility index (Phi) is 5.73. The number of imide groups is 1. The summed E-state index contributed by atoms with van der Waals surface area (Å²) in [6.07, 6.45) is 1.45. The van der Waals surface area contributed by atoms with Crippen LogP contribution in [0.3, 0.4) is 0 Å². The molecule has 2 aromatic heterocycles. The molecule has 3 N–H and O–H groups in total. The van der Waals surface area contributed by atoms with Gasteiger partial charge in [-0.1, -0.05) is 30.0 Å². The minimum absolute atomic E-state index is 0.263. The highest BCUT2D eigenvalue weighted by Gasteiger charge is 2.21. The van der Waals surface area contributed by atoms with Crippen molar-refractivity contribution in [2.24, 2.45) is 0 Å². The Morgan fingerprint density at radius 1 is 1.21 bits per heavy atom. The molecule has 2 heterocycles. The fourth-order valence-electron chi connectivity index (χ4n) is 2.52. The van der Waals surface area contributed by atoms with Crippen LogP contribution in [0.1, 0.15) is 27.7 Å². The first kappa shape index (κ1) is 20.6. The first-order valence-electron chi connectivity index (χ1n) is 8.97. The summed E-state index contributed by atoms with van der Waals surface area (Å²) in [5, 5.41) is 9.15. The lowest BCUT2D eigenvalue weighted by Gasteiger charge is -2.21. The summed E-state index contributed by atoms with van der Waals surface area (Å²) in [5.74, 6) is -0.490. The largest absolute Gasteiger partial charge is 0.333 e. The van der Waals surface area contributed by atoms with Gasteiger partial charge in [0.05, 0.1) is 17.1 Å². The second-order valence-corrected chi connectivity index (χ2v) is 8.78. The Balaban J connectivity index is 1.80. The van der Waals surface area contributed by atoms with E-state index < -0.39 is 22.7 Å². The third-order valence-corrected chi connectivity index (χ3v) is 4.78. The second kappa shape index (κ2) is 8.08. The minimum atomic E-state index is -0.658. The highest BCUT2D eigenvalue weighted by Crippen LogP contribution is 2.21. The summed E-state index contributed by atoms with van der Waals surface area (Å²) in [5.41, 5.74) is 0.341. The number of nitrogens with zero attached hydrogens (tertiary/aromatic N) is 3. The van der Waals surface area contributed by atoms with E-state index in [1.807, 2.05) is 51.1 Å². The summed E-state index contributed by atoms with van der Waals surface area (Å²) in [6.45, 7) is 7.07. The minimum Gasteiger partial charge on any atom is -0.333 e. The molecular weight excluding hydrogens is 392 g/mol. The van der Waals surface area contributed by atoms with Gasteiger partial charge in [0.2, 0.25) is 5.91 Å². The molecule has 0 saturated heterocycles. The molecule has 0 radical (unpaired) electrons. The van der Waals surface area contributed by atoms with Crippen molar-refractivity contribution in [3.8, 4) is 5.69 Å². The number of para-hydroxylation sites is 1. The Bertz CT molecular complexity index is 1100. The molecule has 10 heteroatoms. The Hall–Kier alpha value is -3.14. The summed E-state index contributed by atoms with van der Waals surface area (Å²) < 4.78 is 1.57. The van der Waals surface area contributed by atoms with Gasteiger partial charge in [0, 0.05) is 5.54 Å². The van der Waals surface area contributed by atoms with Crippen LogP contribution < -0.4 is 16.2 Å². The normalized spacial score (nSPS) is 12.6. The molecule has 0 aliphatic carbocycles. The van der Waals surface area contributed by atoms with Crippen LogP contribution in [0.15, 0.2) is 46.5 Å². The van der Waals surface area contributed by atoms with Crippen molar-refractivity contribution in [3.05, 3.63) is 46.9 Å². The Labute approximate surface area is 171 Å². The highest BCUT2D eigenvalue weighted by atomic mass is 32.2. The number of carbonyl (C=O) groups is 2. The number of thioether (sulfide) groups is 1. The summed E-state index contributed by atoms with van der Waals surface area (Å²) in [7, 11) is 0. The molecule has 0 aliphatic rings. The van der Waals surface area contributed by atoms with Crippen LogP contribution >= 0.6 is 11.8 Å². The van der Waals surface area contributed by atoms with Gasteiger partial charge < -0.3 is 10.3 Å². The van der Waals surface area contributed by atoms with Gasteiger partial charge in [-0.25, -0.2) is 14.5 Å². The zero-order valence-electron chi connectivity index (χ0n) is 16.5. The molecule has 29 heavy (non-hydrogen) atoms.